The molecule has 4 nitrogen and oxygen atoms in total. The van der Waals surface area contributed by atoms with Crippen LogP contribution in [0.5, 0.6) is 0 Å². The minimum Gasteiger partial charge on any atom is -0.460 e. The average Bonchev–Trinajstić information content (AvgIpc) is 2.15. The zero-order valence-corrected chi connectivity index (χ0v) is 8.91. The Morgan fingerprint density at radius 2 is 2.14 bits per heavy atom. The molecule has 14 heavy (non-hydrogen) atoms. The Balaban J connectivity index is 3.66. The number of esters is 1. The highest BCUT2D eigenvalue weighted by Crippen LogP contribution is 2.01. The summed E-state index contributed by atoms with van der Waals surface area (Å²) in [6, 6.07) is 0. The van der Waals surface area contributed by atoms with E-state index in [1.165, 1.54) is 6.08 Å². The van der Waals surface area contributed by atoms with Crippen molar-refractivity contribution >= 4 is 5.97 Å². The van der Waals surface area contributed by atoms with E-state index in [2.05, 4.69) is 6.92 Å². The van der Waals surface area contributed by atoms with Gasteiger partial charge in [0.2, 0.25) is 0 Å². The lowest BCUT2D eigenvalue weighted by Crippen LogP contribution is -2.09. The minimum atomic E-state index is -0.393. The Hall–Kier alpha value is -1.03. The molecule has 0 unspecified atom stereocenters. The Labute approximate surface area is 85.1 Å². The van der Waals surface area contributed by atoms with Crippen LogP contribution in [-0.2, 0) is 14.3 Å². The first-order valence-corrected chi connectivity index (χ1v) is 4.82. The smallest absolute Gasteiger partial charge is 0.332 e. The van der Waals surface area contributed by atoms with Crippen molar-refractivity contribution in [1.82, 2.24) is 0 Å². The zero-order chi connectivity index (χ0) is 10.8. The first-order chi connectivity index (χ1) is 6.70. The molecule has 0 aliphatic heterocycles. The van der Waals surface area contributed by atoms with Gasteiger partial charge in [0.25, 0.3) is 0 Å². The molecule has 0 heterocycles. The molecule has 2 N–H and O–H groups in total. The first-order valence-electron chi connectivity index (χ1n) is 4.82. The topological polar surface area (TPSA) is 61.6 Å². The highest BCUT2D eigenvalue weighted by atomic mass is 16.6. The Kier molecular flexibility index (Phi) is 7.93. The van der Waals surface area contributed by atoms with Crippen LogP contribution in [0.4, 0.5) is 0 Å². The predicted molar refractivity (Wildman–Crippen MR) is 54.6 cm³/mol. The highest BCUT2D eigenvalue weighted by Gasteiger charge is 1.99. The fraction of sp³-hybridized carbons (Fsp3) is 0.700. The SMILES string of the molecule is CCCCC(N)=CC(=O)OCCOC. The van der Waals surface area contributed by atoms with Crippen molar-refractivity contribution in [1.29, 1.82) is 0 Å². The van der Waals surface area contributed by atoms with Gasteiger partial charge in [-0.15, -0.1) is 0 Å². The lowest BCUT2D eigenvalue weighted by atomic mass is 10.2. The van der Waals surface area contributed by atoms with E-state index >= 15 is 0 Å². The summed E-state index contributed by atoms with van der Waals surface area (Å²) in [5.74, 6) is -0.393. The van der Waals surface area contributed by atoms with E-state index < -0.39 is 5.97 Å². The molecule has 0 bridgehead atoms. The van der Waals surface area contributed by atoms with Gasteiger partial charge < -0.3 is 15.2 Å². The van der Waals surface area contributed by atoms with Gasteiger partial charge in [-0.2, -0.15) is 0 Å². The van der Waals surface area contributed by atoms with Gasteiger partial charge in [0.1, 0.15) is 6.61 Å². The first kappa shape index (κ1) is 13.0. The Bertz CT molecular complexity index is 190. The third-order valence-corrected chi connectivity index (χ3v) is 1.65. The molecule has 0 aliphatic carbocycles. The molecule has 0 aromatic heterocycles. The molecule has 0 radical (unpaired) electrons. The van der Waals surface area contributed by atoms with E-state index in [-0.39, 0.29) is 6.61 Å². The number of unbranched alkanes of at least 4 members (excludes halogenated alkanes) is 1. The average molecular weight is 201 g/mol. The lowest BCUT2D eigenvalue weighted by Gasteiger charge is -2.02. The number of nitrogens with two attached hydrogens (primary N) is 1. The zero-order valence-electron chi connectivity index (χ0n) is 8.91. The van der Waals surface area contributed by atoms with Crippen LogP contribution < -0.4 is 5.73 Å². The van der Waals surface area contributed by atoms with Crippen molar-refractivity contribution in [3.8, 4) is 0 Å². The standard InChI is InChI=1S/C10H19NO3/c1-3-4-5-9(11)8-10(12)14-7-6-13-2/h8H,3-7,11H2,1-2H3. The highest BCUT2D eigenvalue weighted by molar-refractivity contribution is 5.82. The van der Waals surface area contributed by atoms with Gasteiger partial charge in [0.05, 0.1) is 6.61 Å². The summed E-state index contributed by atoms with van der Waals surface area (Å²) >= 11 is 0. The number of hydrogen-bond acceptors (Lipinski definition) is 4. The molecule has 0 spiro atoms. The number of hydrogen-bond donors (Lipinski definition) is 1. The van der Waals surface area contributed by atoms with Crippen molar-refractivity contribution in [2.24, 2.45) is 5.73 Å². The van der Waals surface area contributed by atoms with Crippen LogP contribution in [0.3, 0.4) is 0 Å². The molecular formula is C10H19NO3. The Morgan fingerprint density at radius 1 is 1.43 bits per heavy atom. The number of carbonyl (C=O) groups is 1. The third kappa shape index (κ3) is 7.61. The molecule has 0 amide bonds. The van der Waals surface area contributed by atoms with Gasteiger partial charge in [-0.3, -0.25) is 0 Å². The van der Waals surface area contributed by atoms with Gasteiger partial charge in [-0.25, -0.2) is 4.79 Å². The third-order valence-electron chi connectivity index (χ3n) is 1.65. The number of carbonyl (C=O) groups excluding carboxylic acids is 1. The van der Waals surface area contributed by atoms with Gasteiger partial charge in [-0.05, 0) is 12.8 Å². The van der Waals surface area contributed by atoms with E-state index in [9.17, 15) is 4.79 Å². The van der Waals surface area contributed by atoms with Crippen LogP contribution in [0.2, 0.25) is 0 Å². The van der Waals surface area contributed by atoms with Gasteiger partial charge in [-0.1, -0.05) is 13.3 Å². The molecule has 0 aliphatic rings. The van der Waals surface area contributed by atoms with Crippen molar-refractivity contribution in [2.75, 3.05) is 20.3 Å². The van der Waals surface area contributed by atoms with Crippen LogP contribution in [0.15, 0.2) is 11.8 Å². The predicted octanol–water partition coefficient (Wildman–Crippen LogP) is 1.21. The maximum Gasteiger partial charge on any atom is 0.332 e. The summed E-state index contributed by atoms with van der Waals surface area (Å²) < 4.78 is 9.55. The van der Waals surface area contributed by atoms with Crippen LogP contribution in [0, 0.1) is 0 Å². The van der Waals surface area contributed by atoms with E-state index in [0.29, 0.717) is 12.3 Å². The Morgan fingerprint density at radius 3 is 2.71 bits per heavy atom. The van der Waals surface area contributed by atoms with Gasteiger partial charge in [0, 0.05) is 18.9 Å². The molecule has 0 aromatic rings. The normalized spacial score (nSPS) is 11.4. The van der Waals surface area contributed by atoms with E-state index in [0.717, 1.165) is 19.3 Å². The van der Waals surface area contributed by atoms with Crippen molar-refractivity contribution < 1.29 is 14.3 Å². The van der Waals surface area contributed by atoms with Crippen LogP contribution in [-0.4, -0.2) is 26.3 Å². The van der Waals surface area contributed by atoms with E-state index in [1.807, 2.05) is 0 Å². The fourth-order valence-corrected chi connectivity index (χ4v) is 0.872. The number of methoxy groups -OCH3 is 1. The molecular weight excluding hydrogens is 182 g/mol. The van der Waals surface area contributed by atoms with Crippen molar-refractivity contribution in [3.63, 3.8) is 0 Å². The molecule has 4 heteroatoms. The van der Waals surface area contributed by atoms with Gasteiger partial charge in [0.15, 0.2) is 0 Å². The molecule has 0 aromatic carbocycles. The maximum atomic E-state index is 11.1. The van der Waals surface area contributed by atoms with Gasteiger partial charge >= 0.3 is 5.97 Å². The largest absolute Gasteiger partial charge is 0.460 e. The quantitative estimate of drug-likeness (QED) is 0.382. The monoisotopic (exact) mass is 201 g/mol. The van der Waals surface area contributed by atoms with E-state index in [4.69, 9.17) is 15.2 Å². The van der Waals surface area contributed by atoms with E-state index in [1.54, 1.807) is 7.11 Å². The second kappa shape index (κ2) is 8.56. The molecule has 0 rings (SSSR count). The van der Waals surface area contributed by atoms with Crippen molar-refractivity contribution in [3.05, 3.63) is 11.8 Å². The fourth-order valence-electron chi connectivity index (χ4n) is 0.872. The summed E-state index contributed by atoms with van der Waals surface area (Å²) in [6.45, 7) is 2.76. The molecule has 0 saturated heterocycles. The number of allylic oxidation sites excluding steroid dienone is 1. The molecule has 0 fully saturated rings. The van der Waals surface area contributed by atoms with Crippen molar-refractivity contribution in [2.45, 2.75) is 26.2 Å². The summed E-state index contributed by atoms with van der Waals surface area (Å²) in [7, 11) is 1.55. The summed E-state index contributed by atoms with van der Waals surface area (Å²) in [5, 5.41) is 0. The van der Waals surface area contributed by atoms with Crippen LogP contribution in [0.25, 0.3) is 0 Å². The molecule has 0 atom stereocenters. The number of rotatable bonds is 7. The maximum absolute atomic E-state index is 11.1. The summed E-state index contributed by atoms with van der Waals surface area (Å²) in [4.78, 5) is 11.1. The second-order valence-corrected chi connectivity index (χ2v) is 2.98. The summed E-state index contributed by atoms with van der Waals surface area (Å²) in [5.41, 5.74) is 6.17. The second-order valence-electron chi connectivity index (χ2n) is 2.98. The minimum absolute atomic E-state index is 0.271. The number of ether oxygens (including phenoxy) is 2. The molecule has 0 saturated carbocycles. The van der Waals surface area contributed by atoms with Crippen LogP contribution >= 0.6 is 0 Å². The molecule has 82 valence electrons. The van der Waals surface area contributed by atoms with Crippen LogP contribution in [0.1, 0.15) is 26.2 Å². The lowest BCUT2D eigenvalue weighted by molar-refractivity contribution is -0.139. The summed E-state index contributed by atoms with van der Waals surface area (Å²) in [6.07, 6.45) is 4.14.